The Bertz CT molecular complexity index is 2180. The van der Waals surface area contributed by atoms with Gasteiger partial charge in [-0.2, -0.15) is 0 Å². The largest absolute Gasteiger partial charge is 0.455 e. The van der Waals surface area contributed by atoms with Gasteiger partial charge in [-0.15, -0.1) is 0 Å². The van der Waals surface area contributed by atoms with Crippen LogP contribution in [0, 0.1) is 0 Å². The first kappa shape index (κ1) is 29.8. The van der Waals surface area contributed by atoms with Crippen molar-refractivity contribution in [2.45, 2.75) is 84.0 Å². The van der Waals surface area contributed by atoms with Gasteiger partial charge in [-0.05, 0) is 88.7 Å². The average Bonchev–Trinajstić information content (AvgIpc) is 3.54. The highest BCUT2D eigenvalue weighted by Crippen LogP contribution is 2.43. The molecule has 1 aliphatic carbocycles. The first-order valence-corrected chi connectivity index (χ1v) is 17.6. The van der Waals surface area contributed by atoms with E-state index in [4.69, 9.17) is 9.40 Å². The van der Waals surface area contributed by atoms with E-state index >= 15 is 0 Å². The third kappa shape index (κ3) is 5.26. The van der Waals surface area contributed by atoms with Gasteiger partial charge in [-0.1, -0.05) is 126 Å². The van der Waals surface area contributed by atoms with E-state index < -0.39 is 0 Å². The first-order chi connectivity index (χ1) is 23.0. The second kappa shape index (κ2) is 12.2. The van der Waals surface area contributed by atoms with Gasteiger partial charge < -0.3 is 4.42 Å². The van der Waals surface area contributed by atoms with Crippen molar-refractivity contribution < 1.29 is 4.42 Å². The molecule has 0 amide bonds. The molecule has 236 valence electrons. The SMILES string of the molecule is CC(C)c1cc(C2CCCCCC2)cc(C(C)C)c1-n1c(-c2cccc3c2oc2cc(-c4ccccc4)ccc23)nc2ccccc21. The molecule has 2 heterocycles. The number of aromatic nitrogens is 2. The van der Waals surface area contributed by atoms with Crippen LogP contribution >= 0.6 is 0 Å². The molecule has 7 aromatic rings. The lowest BCUT2D eigenvalue weighted by Gasteiger charge is -2.26. The van der Waals surface area contributed by atoms with Crippen LogP contribution in [0.5, 0.6) is 0 Å². The molecule has 5 aromatic carbocycles. The van der Waals surface area contributed by atoms with Crippen LogP contribution in [0.15, 0.2) is 108 Å². The van der Waals surface area contributed by atoms with Crippen molar-refractivity contribution in [3.63, 3.8) is 0 Å². The summed E-state index contributed by atoms with van der Waals surface area (Å²) in [6.07, 6.45) is 8.01. The van der Waals surface area contributed by atoms with E-state index in [1.54, 1.807) is 0 Å². The summed E-state index contributed by atoms with van der Waals surface area (Å²) < 4.78 is 9.25. The first-order valence-electron chi connectivity index (χ1n) is 17.6. The summed E-state index contributed by atoms with van der Waals surface area (Å²) in [6.45, 7) is 9.40. The third-order valence-corrected chi connectivity index (χ3v) is 10.4. The van der Waals surface area contributed by atoms with Gasteiger partial charge in [0.15, 0.2) is 0 Å². The maximum absolute atomic E-state index is 6.80. The molecular weight excluding hydrogens is 572 g/mol. The topological polar surface area (TPSA) is 31.0 Å². The van der Waals surface area contributed by atoms with E-state index in [0.29, 0.717) is 17.8 Å². The van der Waals surface area contributed by atoms with Gasteiger partial charge in [-0.3, -0.25) is 4.57 Å². The Hall–Kier alpha value is -4.63. The molecule has 8 rings (SSSR count). The Morgan fingerprint density at radius 1 is 0.660 bits per heavy atom. The summed E-state index contributed by atoms with van der Waals surface area (Å²) in [7, 11) is 0. The minimum absolute atomic E-state index is 0.362. The standard InChI is InChI=1S/C44H44N2O/c1-28(2)37-25-33(31-17-8-5-6-9-18-31)26-38(29(3)4)42(37)46-40-22-13-12-21-39(40)45-44(46)36-20-14-19-35-34-24-23-32(27-41(34)47-43(35)36)30-15-10-7-11-16-30/h7,10-16,19-29,31H,5-6,8-9,17-18H2,1-4H3. The summed E-state index contributed by atoms with van der Waals surface area (Å²) in [5.41, 5.74) is 12.9. The molecule has 0 bridgehead atoms. The van der Waals surface area contributed by atoms with Gasteiger partial charge in [0.2, 0.25) is 0 Å². The fraction of sp³-hybridized carbons (Fsp3) is 0.295. The highest BCUT2D eigenvalue weighted by atomic mass is 16.3. The second-order valence-electron chi connectivity index (χ2n) is 14.2. The summed E-state index contributed by atoms with van der Waals surface area (Å²) >= 11 is 0. The Morgan fingerprint density at radius 3 is 2.09 bits per heavy atom. The van der Waals surface area contributed by atoms with Crippen LogP contribution in [0.4, 0.5) is 0 Å². The Morgan fingerprint density at radius 2 is 1.36 bits per heavy atom. The van der Waals surface area contributed by atoms with E-state index in [0.717, 1.165) is 49.9 Å². The highest BCUT2D eigenvalue weighted by Gasteiger charge is 2.26. The summed E-state index contributed by atoms with van der Waals surface area (Å²) in [4.78, 5) is 5.37. The fourth-order valence-corrected chi connectivity index (χ4v) is 7.91. The fourth-order valence-electron chi connectivity index (χ4n) is 7.91. The van der Waals surface area contributed by atoms with Crippen molar-refractivity contribution in [3.05, 3.63) is 120 Å². The monoisotopic (exact) mass is 616 g/mol. The number of rotatable bonds is 6. The van der Waals surface area contributed by atoms with Gasteiger partial charge in [0.1, 0.15) is 17.0 Å². The molecule has 1 saturated carbocycles. The van der Waals surface area contributed by atoms with Crippen LogP contribution in [-0.2, 0) is 0 Å². The van der Waals surface area contributed by atoms with E-state index in [1.165, 1.54) is 66.5 Å². The number of furan rings is 1. The van der Waals surface area contributed by atoms with Crippen molar-refractivity contribution in [3.8, 4) is 28.2 Å². The molecule has 2 aromatic heterocycles. The minimum Gasteiger partial charge on any atom is -0.455 e. The van der Waals surface area contributed by atoms with Crippen LogP contribution in [0.3, 0.4) is 0 Å². The average molecular weight is 617 g/mol. The van der Waals surface area contributed by atoms with Gasteiger partial charge in [-0.25, -0.2) is 4.98 Å². The predicted octanol–water partition coefficient (Wildman–Crippen LogP) is 12.9. The molecule has 3 nitrogen and oxygen atoms in total. The molecule has 1 fully saturated rings. The van der Waals surface area contributed by atoms with Crippen LogP contribution < -0.4 is 0 Å². The van der Waals surface area contributed by atoms with E-state index in [1.807, 2.05) is 0 Å². The normalized spacial score (nSPS) is 14.6. The number of hydrogen-bond acceptors (Lipinski definition) is 2. The van der Waals surface area contributed by atoms with Crippen LogP contribution in [-0.4, -0.2) is 9.55 Å². The zero-order chi connectivity index (χ0) is 32.1. The number of para-hydroxylation sites is 3. The summed E-state index contributed by atoms with van der Waals surface area (Å²) in [5, 5.41) is 2.25. The summed E-state index contributed by atoms with van der Waals surface area (Å²) in [6, 6.07) is 37.3. The molecule has 0 N–H and O–H groups in total. The van der Waals surface area contributed by atoms with Crippen LogP contribution in [0.1, 0.15) is 101 Å². The lowest BCUT2D eigenvalue weighted by Crippen LogP contribution is -2.11. The van der Waals surface area contributed by atoms with Gasteiger partial charge in [0, 0.05) is 10.8 Å². The van der Waals surface area contributed by atoms with Gasteiger partial charge in [0.05, 0.1) is 22.3 Å². The molecule has 0 aliphatic heterocycles. The van der Waals surface area contributed by atoms with Crippen molar-refractivity contribution in [1.29, 1.82) is 0 Å². The zero-order valence-electron chi connectivity index (χ0n) is 28.1. The molecule has 0 atom stereocenters. The quantitative estimate of drug-likeness (QED) is 0.174. The van der Waals surface area contributed by atoms with Crippen molar-refractivity contribution in [2.75, 3.05) is 0 Å². The van der Waals surface area contributed by atoms with Crippen molar-refractivity contribution in [2.24, 2.45) is 0 Å². The molecule has 0 saturated heterocycles. The van der Waals surface area contributed by atoms with Crippen LogP contribution in [0.25, 0.3) is 61.2 Å². The minimum atomic E-state index is 0.362. The smallest absolute Gasteiger partial charge is 0.149 e. The van der Waals surface area contributed by atoms with Gasteiger partial charge in [0.25, 0.3) is 0 Å². The number of nitrogens with zero attached hydrogens (tertiary/aromatic N) is 2. The molecule has 3 heteroatoms. The lowest BCUT2D eigenvalue weighted by atomic mass is 9.84. The Balaban J connectivity index is 1.38. The van der Waals surface area contributed by atoms with Gasteiger partial charge >= 0.3 is 0 Å². The van der Waals surface area contributed by atoms with E-state index in [-0.39, 0.29) is 0 Å². The maximum Gasteiger partial charge on any atom is 0.149 e. The highest BCUT2D eigenvalue weighted by molar-refractivity contribution is 6.10. The molecular formula is C44H44N2O. The number of fused-ring (bicyclic) bond motifs is 4. The molecule has 0 unspecified atom stereocenters. The maximum atomic E-state index is 6.80. The van der Waals surface area contributed by atoms with Crippen LogP contribution in [0.2, 0.25) is 0 Å². The number of benzene rings is 5. The van der Waals surface area contributed by atoms with E-state index in [2.05, 4.69) is 135 Å². The van der Waals surface area contributed by atoms with Crippen molar-refractivity contribution in [1.82, 2.24) is 9.55 Å². The lowest BCUT2D eigenvalue weighted by molar-refractivity contribution is 0.589. The Kier molecular flexibility index (Phi) is 7.72. The van der Waals surface area contributed by atoms with E-state index in [9.17, 15) is 0 Å². The molecule has 0 spiro atoms. The third-order valence-electron chi connectivity index (χ3n) is 10.4. The predicted molar refractivity (Wildman–Crippen MR) is 198 cm³/mol. The molecule has 47 heavy (non-hydrogen) atoms. The van der Waals surface area contributed by atoms with Crippen molar-refractivity contribution >= 4 is 33.0 Å². The molecule has 0 radical (unpaired) electrons. The second-order valence-corrected chi connectivity index (χ2v) is 14.2. The summed E-state index contributed by atoms with van der Waals surface area (Å²) in [5.74, 6) is 2.30. The molecule has 1 aliphatic rings. The number of hydrogen-bond donors (Lipinski definition) is 0. The number of imidazole rings is 1. The Labute approximate surface area is 278 Å². The zero-order valence-corrected chi connectivity index (χ0v) is 28.1.